The van der Waals surface area contributed by atoms with E-state index >= 15 is 0 Å². The Labute approximate surface area is 187 Å². The summed E-state index contributed by atoms with van der Waals surface area (Å²) in [4.78, 5) is 13.9. The maximum absolute atomic E-state index is 11.6. The maximum atomic E-state index is 11.6. The number of esters is 1. The molecule has 1 fully saturated rings. The molecule has 0 bridgehead atoms. The van der Waals surface area contributed by atoms with Crippen LogP contribution in [0.1, 0.15) is 54.5 Å². The molecule has 0 spiro atoms. The van der Waals surface area contributed by atoms with E-state index in [-0.39, 0.29) is 30.6 Å². The predicted octanol–water partition coefficient (Wildman–Crippen LogP) is 5.25. The van der Waals surface area contributed by atoms with Gasteiger partial charge in [0.05, 0.1) is 19.1 Å². The van der Waals surface area contributed by atoms with Crippen molar-refractivity contribution < 1.29 is 14.3 Å². The van der Waals surface area contributed by atoms with Crippen LogP contribution >= 0.6 is 12.4 Å². The number of likely N-dealkylation sites (tertiary alicyclic amines) is 1. The van der Waals surface area contributed by atoms with Gasteiger partial charge in [0, 0.05) is 19.6 Å². The van der Waals surface area contributed by atoms with Crippen LogP contribution < -0.4 is 0 Å². The van der Waals surface area contributed by atoms with Gasteiger partial charge in [-0.3, -0.25) is 4.79 Å². The maximum Gasteiger partial charge on any atom is 0.307 e. The van der Waals surface area contributed by atoms with Crippen LogP contribution in [0, 0.1) is 13.8 Å². The van der Waals surface area contributed by atoms with E-state index in [9.17, 15) is 4.79 Å². The quantitative estimate of drug-likeness (QED) is 0.535. The third-order valence-corrected chi connectivity index (χ3v) is 5.56. The zero-order valence-electron chi connectivity index (χ0n) is 18.3. The van der Waals surface area contributed by atoms with Crippen LogP contribution in [0.5, 0.6) is 0 Å². The van der Waals surface area contributed by atoms with Crippen molar-refractivity contribution in [2.24, 2.45) is 0 Å². The summed E-state index contributed by atoms with van der Waals surface area (Å²) in [7, 11) is 0. The summed E-state index contributed by atoms with van der Waals surface area (Å²) >= 11 is 0. The number of piperidine rings is 1. The van der Waals surface area contributed by atoms with Crippen molar-refractivity contribution in [3.05, 3.63) is 70.8 Å². The number of benzene rings is 2. The van der Waals surface area contributed by atoms with E-state index in [2.05, 4.69) is 67.3 Å². The second kappa shape index (κ2) is 12.1. The molecule has 0 radical (unpaired) electrons. The first-order valence-electron chi connectivity index (χ1n) is 10.7. The van der Waals surface area contributed by atoms with Crippen LogP contribution in [0.15, 0.2) is 48.5 Å². The number of carbonyl (C=O) groups excluding carboxylic acids is 1. The second-order valence-electron chi connectivity index (χ2n) is 7.93. The summed E-state index contributed by atoms with van der Waals surface area (Å²) in [5, 5.41) is 0. The number of hydrogen-bond donors (Lipinski definition) is 0. The van der Waals surface area contributed by atoms with Crippen LogP contribution in [-0.4, -0.2) is 43.2 Å². The monoisotopic (exact) mass is 431 g/mol. The molecule has 0 N–H and O–H groups in total. The molecule has 2 aromatic carbocycles. The average molecular weight is 432 g/mol. The lowest BCUT2D eigenvalue weighted by Crippen LogP contribution is -2.38. The zero-order valence-corrected chi connectivity index (χ0v) is 19.1. The number of carbonyl (C=O) groups is 1. The second-order valence-corrected chi connectivity index (χ2v) is 7.93. The van der Waals surface area contributed by atoms with Gasteiger partial charge in [-0.2, -0.15) is 0 Å². The Morgan fingerprint density at radius 1 is 0.967 bits per heavy atom. The van der Waals surface area contributed by atoms with Crippen molar-refractivity contribution in [3.63, 3.8) is 0 Å². The van der Waals surface area contributed by atoms with E-state index in [1.165, 1.54) is 22.3 Å². The highest BCUT2D eigenvalue weighted by Gasteiger charge is 2.25. The highest BCUT2D eigenvalue weighted by Crippen LogP contribution is 2.30. The lowest BCUT2D eigenvalue weighted by Gasteiger charge is -2.34. The standard InChI is InChI=1S/C25H33NO3.ClH/c1-4-28-24(27)15-18-26-16-13-23(14-17-26)29-25(21-9-5-19(2)6-10-21)22-11-7-20(3)8-12-22;/h5-12,23,25H,4,13-18H2,1-3H3;1H. The minimum Gasteiger partial charge on any atom is -0.466 e. The summed E-state index contributed by atoms with van der Waals surface area (Å²) < 4.78 is 11.7. The van der Waals surface area contributed by atoms with Gasteiger partial charge in [-0.1, -0.05) is 59.7 Å². The van der Waals surface area contributed by atoms with Gasteiger partial charge < -0.3 is 14.4 Å². The molecule has 0 amide bonds. The molecule has 0 aromatic heterocycles. The number of ether oxygens (including phenoxy) is 2. The molecule has 0 saturated carbocycles. The normalized spacial score (nSPS) is 15.1. The zero-order chi connectivity index (χ0) is 20.6. The number of nitrogens with zero attached hydrogens (tertiary/aromatic N) is 1. The molecule has 1 aliphatic heterocycles. The number of hydrogen-bond acceptors (Lipinski definition) is 4. The Hall–Kier alpha value is -1.88. The van der Waals surface area contributed by atoms with E-state index in [0.29, 0.717) is 13.0 Å². The molecule has 164 valence electrons. The Balaban J connectivity index is 0.00000320. The fourth-order valence-corrected chi connectivity index (χ4v) is 3.78. The fourth-order valence-electron chi connectivity index (χ4n) is 3.78. The number of halogens is 1. The largest absolute Gasteiger partial charge is 0.466 e. The van der Waals surface area contributed by atoms with Crippen molar-refractivity contribution in [2.75, 3.05) is 26.2 Å². The topological polar surface area (TPSA) is 38.8 Å². The van der Waals surface area contributed by atoms with Crippen molar-refractivity contribution in [3.8, 4) is 0 Å². The van der Waals surface area contributed by atoms with Crippen molar-refractivity contribution in [1.29, 1.82) is 0 Å². The first kappa shape index (κ1) is 24.4. The van der Waals surface area contributed by atoms with E-state index in [0.717, 1.165) is 32.5 Å². The summed E-state index contributed by atoms with van der Waals surface area (Å²) in [6, 6.07) is 17.3. The molecule has 1 heterocycles. The van der Waals surface area contributed by atoms with Crippen LogP contribution in [0.4, 0.5) is 0 Å². The summed E-state index contributed by atoms with van der Waals surface area (Å²) in [6.07, 6.45) is 2.61. The minimum absolute atomic E-state index is 0. The Kier molecular flexibility index (Phi) is 9.83. The van der Waals surface area contributed by atoms with Crippen molar-refractivity contribution in [2.45, 2.75) is 52.2 Å². The SMILES string of the molecule is CCOC(=O)CCN1CCC(OC(c2ccc(C)cc2)c2ccc(C)cc2)CC1.Cl. The number of rotatable bonds is 8. The lowest BCUT2D eigenvalue weighted by molar-refractivity contribution is -0.143. The molecule has 0 atom stereocenters. The van der Waals surface area contributed by atoms with Crippen molar-refractivity contribution >= 4 is 18.4 Å². The molecular weight excluding hydrogens is 398 g/mol. The molecule has 1 saturated heterocycles. The Morgan fingerprint density at radius 2 is 1.47 bits per heavy atom. The predicted molar refractivity (Wildman–Crippen MR) is 123 cm³/mol. The number of aryl methyl sites for hydroxylation is 2. The average Bonchev–Trinajstić information content (AvgIpc) is 2.73. The molecule has 30 heavy (non-hydrogen) atoms. The van der Waals surface area contributed by atoms with Gasteiger partial charge in [0.1, 0.15) is 6.10 Å². The first-order valence-corrected chi connectivity index (χ1v) is 10.7. The van der Waals surface area contributed by atoms with Gasteiger partial charge in [-0.15, -0.1) is 12.4 Å². The van der Waals surface area contributed by atoms with Crippen LogP contribution in [-0.2, 0) is 14.3 Å². The molecule has 5 heteroatoms. The van der Waals surface area contributed by atoms with Crippen molar-refractivity contribution in [1.82, 2.24) is 4.90 Å². The van der Waals surface area contributed by atoms with E-state index in [1.54, 1.807) is 0 Å². The summed E-state index contributed by atoms with van der Waals surface area (Å²) in [5.74, 6) is -0.107. The highest BCUT2D eigenvalue weighted by molar-refractivity contribution is 5.85. The van der Waals surface area contributed by atoms with Crippen LogP contribution in [0.25, 0.3) is 0 Å². The third kappa shape index (κ3) is 7.12. The molecule has 2 aromatic rings. The van der Waals surface area contributed by atoms with Crippen LogP contribution in [0.3, 0.4) is 0 Å². The molecule has 0 aliphatic carbocycles. The van der Waals surface area contributed by atoms with Gasteiger partial charge in [0.25, 0.3) is 0 Å². The Morgan fingerprint density at radius 3 is 1.93 bits per heavy atom. The minimum atomic E-state index is -0.107. The first-order chi connectivity index (χ1) is 14.0. The van der Waals surface area contributed by atoms with E-state index in [1.807, 2.05) is 6.92 Å². The molecular formula is C25H34ClNO3. The van der Waals surface area contributed by atoms with Gasteiger partial charge >= 0.3 is 5.97 Å². The van der Waals surface area contributed by atoms with E-state index < -0.39 is 0 Å². The lowest BCUT2D eigenvalue weighted by atomic mass is 9.98. The highest BCUT2D eigenvalue weighted by atomic mass is 35.5. The van der Waals surface area contributed by atoms with Gasteiger partial charge in [0.2, 0.25) is 0 Å². The fraction of sp³-hybridized carbons (Fsp3) is 0.480. The smallest absolute Gasteiger partial charge is 0.307 e. The van der Waals surface area contributed by atoms with E-state index in [4.69, 9.17) is 9.47 Å². The summed E-state index contributed by atoms with van der Waals surface area (Å²) in [5.41, 5.74) is 4.91. The molecule has 1 aliphatic rings. The van der Waals surface area contributed by atoms with Gasteiger partial charge in [-0.05, 0) is 44.7 Å². The Bertz CT molecular complexity index is 722. The van der Waals surface area contributed by atoms with Gasteiger partial charge in [0.15, 0.2) is 0 Å². The molecule has 4 nitrogen and oxygen atoms in total. The third-order valence-electron chi connectivity index (χ3n) is 5.56. The summed E-state index contributed by atoms with van der Waals surface area (Å²) in [6.45, 7) is 9.20. The van der Waals surface area contributed by atoms with Gasteiger partial charge in [-0.25, -0.2) is 0 Å². The van der Waals surface area contributed by atoms with Crippen LogP contribution in [0.2, 0.25) is 0 Å². The molecule has 0 unspecified atom stereocenters. The molecule has 3 rings (SSSR count).